The van der Waals surface area contributed by atoms with E-state index in [-0.39, 0.29) is 0 Å². The summed E-state index contributed by atoms with van der Waals surface area (Å²) in [7, 11) is 0. The molecule has 1 N–H and O–H groups in total. The highest BCUT2D eigenvalue weighted by Crippen LogP contribution is 2.50. The highest BCUT2D eigenvalue weighted by molar-refractivity contribution is 5.62. The predicted octanol–water partition coefficient (Wildman–Crippen LogP) is 4.69. The molecule has 1 aliphatic rings. The molecule has 0 aromatic heterocycles. The van der Waals surface area contributed by atoms with E-state index < -0.39 is 5.60 Å². The molecule has 114 valence electrons. The number of aliphatic hydroxyl groups is 1. The maximum absolute atomic E-state index is 11.8. The van der Waals surface area contributed by atoms with Gasteiger partial charge in [-0.15, -0.1) is 0 Å². The molecule has 2 heteroatoms. The number of para-hydroxylation sites is 2. The summed E-state index contributed by atoms with van der Waals surface area (Å²) in [6.07, 6.45) is 0. The van der Waals surface area contributed by atoms with Gasteiger partial charge in [0.1, 0.15) is 17.1 Å². The van der Waals surface area contributed by atoms with Gasteiger partial charge in [-0.3, -0.25) is 0 Å². The van der Waals surface area contributed by atoms with Gasteiger partial charge in [-0.2, -0.15) is 0 Å². The molecule has 3 aromatic carbocycles. The Bertz CT molecular complexity index is 850. The van der Waals surface area contributed by atoms with Gasteiger partial charge in [0.2, 0.25) is 0 Å². The van der Waals surface area contributed by atoms with Crippen LogP contribution >= 0.6 is 0 Å². The number of benzene rings is 3. The molecule has 0 radical (unpaired) electrons. The number of aryl methyl sites for hydroxylation is 2. The fourth-order valence-electron chi connectivity index (χ4n) is 3.48. The van der Waals surface area contributed by atoms with Crippen molar-refractivity contribution in [2.24, 2.45) is 0 Å². The minimum atomic E-state index is -1.21. The molecule has 0 amide bonds. The summed E-state index contributed by atoms with van der Waals surface area (Å²) in [4.78, 5) is 0. The van der Waals surface area contributed by atoms with Crippen LogP contribution in [0.5, 0.6) is 11.5 Å². The van der Waals surface area contributed by atoms with Crippen LogP contribution in [0.1, 0.15) is 27.8 Å². The van der Waals surface area contributed by atoms with E-state index in [0.717, 1.165) is 22.3 Å². The lowest BCUT2D eigenvalue weighted by Crippen LogP contribution is -2.33. The maximum Gasteiger partial charge on any atom is 0.147 e. The van der Waals surface area contributed by atoms with E-state index in [9.17, 15) is 5.11 Å². The highest BCUT2D eigenvalue weighted by atomic mass is 16.5. The van der Waals surface area contributed by atoms with Crippen molar-refractivity contribution in [1.29, 1.82) is 0 Å². The van der Waals surface area contributed by atoms with Gasteiger partial charge in [0.05, 0.1) is 0 Å². The smallest absolute Gasteiger partial charge is 0.147 e. The van der Waals surface area contributed by atoms with E-state index in [1.807, 2.05) is 67.6 Å². The Labute approximate surface area is 136 Å². The molecule has 0 aliphatic carbocycles. The first-order valence-electron chi connectivity index (χ1n) is 7.77. The van der Waals surface area contributed by atoms with Crippen LogP contribution in [0, 0.1) is 13.8 Å². The molecule has 1 heterocycles. The van der Waals surface area contributed by atoms with E-state index in [1.165, 1.54) is 5.56 Å². The lowest BCUT2D eigenvalue weighted by Gasteiger charge is -2.37. The molecule has 0 fully saturated rings. The van der Waals surface area contributed by atoms with Crippen molar-refractivity contribution < 1.29 is 9.84 Å². The predicted molar refractivity (Wildman–Crippen MR) is 91.0 cm³/mol. The molecule has 0 saturated heterocycles. The maximum atomic E-state index is 11.8. The van der Waals surface area contributed by atoms with E-state index in [0.29, 0.717) is 11.5 Å². The van der Waals surface area contributed by atoms with Crippen molar-refractivity contribution in [3.63, 3.8) is 0 Å². The molecule has 1 aliphatic heterocycles. The molecule has 23 heavy (non-hydrogen) atoms. The van der Waals surface area contributed by atoms with Crippen LogP contribution in [0.2, 0.25) is 0 Å². The second kappa shape index (κ2) is 4.97. The van der Waals surface area contributed by atoms with E-state index in [2.05, 4.69) is 13.0 Å². The number of rotatable bonds is 1. The van der Waals surface area contributed by atoms with Crippen LogP contribution in [-0.4, -0.2) is 5.11 Å². The van der Waals surface area contributed by atoms with Gasteiger partial charge < -0.3 is 9.84 Å². The van der Waals surface area contributed by atoms with Gasteiger partial charge in [-0.25, -0.2) is 0 Å². The summed E-state index contributed by atoms with van der Waals surface area (Å²) in [5.74, 6) is 1.40. The average Bonchev–Trinajstić information content (AvgIpc) is 2.55. The third-order valence-corrected chi connectivity index (χ3v) is 4.55. The lowest BCUT2D eigenvalue weighted by molar-refractivity contribution is 0.112. The quantitative estimate of drug-likeness (QED) is 0.706. The Morgan fingerprint density at radius 2 is 1.30 bits per heavy atom. The molecule has 0 unspecified atom stereocenters. The summed E-state index contributed by atoms with van der Waals surface area (Å²) >= 11 is 0. The largest absolute Gasteiger partial charge is 0.457 e. The van der Waals surface area contributed by atoms with Crippen LogP contribution < -0.4 is 4.74 Å². The normalized spacial score (nSPS) is 14.6. The zero-order chi connectivity index (χ0) is 16.0. The summed E-state index contributed by atoms with van der Waals surface area (Å²) in [5.41, 5.74) is 3.51. The Kier molecular flexibility index (Phi) is 3.03. The number of hydrogen-bond donors (Lipinski definition) is 1. The van der Waals surface area contributed by atoms with Gasteiger partial charge >= 0.3 is 0 Å². The molecule has 0 bridgehead atoms. The van der Waals surface area contributed by atoms with Gasteiger partial charge in [0, 0.05) is 11.1 Å². The number of hydrogen-bond acceptors (Lipinski definition) is 2. The first-order chi connectivity index (χ1) is 11.1. The molecule has 0 spiro atoms. The van der Waals surface area contributed by atoms with Crippen LogP contribution in [0.3, 0.4) is 0 Å². The second-order valence-corrected chi connectivity index (χ2v) is 6.12. The van der Waals surface area contributed by atoms with Gasteiger partial charge in [-0.05, 0) is 37.1 Å². The Hall–Kier alpha value is -2.58. The number of fused-ring (bicyclic) bond motifs is 2. The Morgan fingerprint density at radius 3 is 1.87 bits per heavy atom. The van der Waals surface area contributed by atoms with Gasteiger partial charge in [-0.1, -0.05) is 60.2 Å². The molecular formula is C21H18O2. The van der Waals surface area contributed by atoms with Crippen molar-refractivity contribution in [3.8, 4) is 11.5 Å². The first-order valence-corrected chi connectivity index (χ1v) is 7.77. The number of ether oxygens (including phenoxy) is 1. The minimum absolute atomic E-state index is 0.702. The summed E-state index contributed by atoms with van der Waals surface area (Å²) in [5, 5.41) is 11.8. The topological polar surface area (TPSA) is 29.5 Å². The van der Waals surface area contributed by atoms with Crippen molar-refractivity contribution in [1.82, 2.24) is 0 Å². The molecule has 0 saturated carbocycles. The van der Waals surface area contributed by atoms with Crippen molar-refractivity contribution in [2.75, 3.05) is 0 Å². The van der Waals surface area contributed by atoms with Crippen LogP contribution in [0.4, 0.5) is 0 Å². The molecule has 4 rings (SSSR count). The van der Waals surface area contributed by atoms with Gasteiger partial charge in [0.15, 0.2) is 0 Å². The third kappa shape index (κ3) is 1.99. The molecule has 3 aromatic rings. The van der Waals surface area contributed by atoms with Crippen LogP contribution in [0.25, 0.3) is 0 Å². The fraction of sp³-hybridized carbons (Fsp3) is 0.143. The van der Waals surface area contributed by atoms with Crippen LogP contribution in [0.15, 0.2) is 66.7 Å². The highest BCUT2D eigenvalue weighted by Gasteiger charge is 2.42. The Morgan fingerprint density at radius 1 is 0.739 bits per heavy atom. The molecular weight excluding hydrogens is 284 g/mol. The zero-order valence-electron chi connectivity index (χ0n) is 13.2. The van der Waals surface area contributed by atoms with Crippen molar-refractivity contribution >= 4 is 0 Å². The van der Waals surface area contributed by atoms with E-state index >= 15 is 0 Å². The van der Waals surface area contributed by atoms with Crippen LogP contribution in [-0.2, 0) is 5.60 Å². The molecule has 0 atom stereocenters. The van der Waals surface area contributed by atoms with Gasteiger partial charge in [0.25, 0.3) is 0 Å². The standard InChI is InChI=1S/C21H18O2/c1-14-11-12-16(15(2)13-14)21(22)17-7-3-5-9-19(17)23-20-10-6-4-8-18(20)21/h3-13,22H,1-2H3. The van der Waals surface area contributed by atoms with E-state index in [4.69, 9.17) is 4.74 Å². The lowest BCUT2D eigenvalue weighted by atomic mass is 9.76. The summed E-state index contributed by atoms with van der Waals surface area (Å²) in [6, 6.07) is 21.6. The average molecular weight is 302 g/mol. The SMILES string of the molecule is Cc1ccc(C2(O)c3ccccc3Oc3ccccc32)c(C)c1. The van der Waals surface area contributed by atoms with E-state index in [1.54, 1.807) is 0 Å². The monoisotopic (exact) mass is 302 g/mol. The summed E-state index contributed by atoms with van der Waals surface area (Å²) in [6.45, 7) is 4.10. The minimum Gasteiger partial charge on any atom is -0.457 e. The third-order valence-electron chi connectivity index (χ3n) is 4.55. The second-order valence-electron chi connectivity index (χ2n) is 6.12. The van der Waals surface area contributed by atoms with Crippen molar-refractivity contribution in [2.45, 2.75) is 19.4 Å². The molecule has 2 nitrogen and oxygen atoms in total. The first kappa shape index (κ1) is 14.0. The zero-order valence-corrected chi connectivity index (χ0v) is 13.2. The fourth-order valence-corrected chi connectivity index (χ4v) is 3.48. The van der Waals surface area contributed by atoms with Crippen molar-refractivity contribution in [3.05, 3.63) is 94.5 Å². The summed E-state index contributed by atoms with van der Waals surface area (Å²) < 4.78 is 6.00. The Balaban J connectivity index is 2.07.